The summed E-state index contributed by atoms with van der Waals surface area (Å²) in [5.41, 5.74) is 3.32. The molecule has 3 aromatic carbocycles. The molecule has 0 amide bonds. The summed E-state index contributed by atoms with van der Waals surface area (Å²) in [6.07, 6.45) is 0. The predicted molar refractivity (Wildman–Crippen MR) is 119 cm³/mol. The van der Waals surface area contributed by atoms with E-state index in [4.69, 9.17) is 17.0 Å². The first-order valence-corrected chi connectivity index (χ1v) is 9.82. The van der Waals surface area contributed by atoms with Gasteiger partial charge in [0.15, 0.2) is 5.11 Å². The fourth-order valence-corrected chi connectivity index (χ4v) is 3.23. The van der Waals surface area contributed by atoms with Gasteiger partial charge in [-0.25, -0.2) is 0 Å². The van der Waals surface area contributed by atoms with Gasteiger partial charge in [-0.1, -0.05) is 64.5 Å². The van der Waals surface area contributed by atoms with Crippen molar-refractivity contribution in [2.24, 2.45) is 0 Å². The van der Waals surface area contributed by atoms with Crippen LogP contribution in [0.1, 0.15) is 11.1 Å². The van der Waals surface area contributed by atoms with Crippen LogP contribution in [0.25, 0.3) is 0 Å². The van der Waals surface area contributed by atoms with Crippen molar-refractivity contribution in [2.45, 2.75) is 13.1 Å². The van der Waals surface area contributed by atoms with Crippen LogP contribution < -0.4 is 10.1 Å². The zero-order valence-electron chi connectivity index (χ0n) is 15.1. The summed E-state index contributed by atoms with van der Waals surface area (Å²) in [7, 11) is 1.66. The van der Waals surface area contributed by atoms with Crippen LogP contribution in [0.3, 0.4) is 0 Å². The van der Waals surface area contributed by atoms with Crippen LogP contribution in [0.5, 0.6) is 5.75 Å². The normalized spacial score (nSPS) is 10.3. The van der Waals surface area contributed by atoms with Crippen molar-refractivity contribution in [2.75, 3.05) is 12.4 Å². The number of rotatable bonds is 6. The highest BCUT2D eigenvalue weighted by molar-refractivity contribution is 9.10. The molecule has 5 heteroatoms. The Balaban J connectivity index is 1.78. The summed E-state index contributed by atoms with van der Waals surface area (Å²) in [6.45, 7) is 1.45. The molecule has 0 spiro atoms. The molecule has 3 aromatic rings. The molecule has 0 aliphatic carbocycles. The van der Waals surface area contributed by atoms with Crippen LogP contribution in [0.15, 0.2) is 83.3 Å². The quantitative estimate of drug-likeness (QED) is 0.485. The van der Waals surface area contributed by atoms with Crippen molar-refractivity contribution in [1.29, 1.82) is 0 Å². The largest absolute Gasteiger partial charge is 0.497 e. The number of thiocarbonyl (C=S) groups is 1. The molecule has 0 bridgehead atoms. The third-order valence-electron chi connectivity index (χ3n) is 4.11. The molecular weight excluding hydrogens is 420 g/mol. The van der Waals surface area contributed by atoms with Gasteiger partial charge in [0.05, 0.1) is 7.11 Å². The molecule has 0 heterocycles. The van der Waals surface area contributed by atoms with E-state index in [1.165, 1.54) is 11.1 Å². The van der Waals surface area contributed by atoms with Gasteiger partial charge in [0.2, 0.25) is 0 Å². The van der Waals surface area contributed by atoms with E-state index in [0.717, 1.165) is 29.0 Å². The molecular formula is C22H21BrN2OS. The zero-order chi connectivity index (χ0) is 19.1. The van der Waals surface area contributed by atoms with Crippen LogP contribution in [-0.4, -0.2) is 17.1 Å². The van der Waals surface area contributed by atoms with Gasteiger partial charge in [-0.15, -0.1) is 0 Å². The molecule has 1 N–H and O–H groups in total. The SMILES string of the molecule is COc1cccc(NC(=S)N(Cc2ccccc2)Cc2ccc(Br)cc2)c1. The average Bonchev–Trinajstić information content (AvgIpc) is 2.70. The molecule has 138 valence electrons. The number of nitrogens with zero attached hydrogens (tertiary/aromatic N) is 1. The molecule has 0 saturated heterocycles. The number of nitrogens with one attached hydrogen (secondary N) is 1. The van der Waals surface area contributed by atoms with Gasteiger partial charge < -0.3 is 15.0 Å². The number of ether oxygens (including phenoxy) is 1. The summed E-state index contributed by atoms with van der Waals surface area (Å²) >= 11 is 9.21. The van der Waals surface area contributed by atoms with Crippen molar-refractivity contribution in [3.63, 3.8) is 0 Å². The van der Waals surface area contributed by atoms with Crippen LogP contribution in [0.4, 0.5) is 5.69 Å². The molecule has 0 aliphatic heterocycles. The maximum Gasteiger partial charge on any atom is 0.174 e. The van der Waals surface area contributed by atoms with Crippen molar-refractivity contribution < 1.29 is 4.74 Å². The molecule has 3 rings (SSSR count). The van der Waals surface area contributed by atoms with E-state index in [1.54, 1.807) is 7.11 Å². The summed E-state index contributed by atoms with van der Waals surface area (Å²) in [4.78, 5) is 2.16. The lowest BCUT2D eigenvalue weighted by atomic mass is 10.2. The monoisotopic (exact) mass is 440 g/mol. The number of hydrogen-bond donors (Lipinski definition) is 1. The maximum absolute atomic E-state index is 5.73. The van der Waals surface area contributed by atoms with Crippen molar-refractivity contribution in [3.8, 4) is 5.75 Å². The number of halogens is 1. The number of methoxy groups -OCH3 is 1. The summed E-state index contributed by atoms with van der Waals surface area (Å²) in [5, 5.41) is 4.01. The minimum atomic E-state index is 0.676. The molecule has 0 fully saturated rings. The molecule has 0 saturated carbocycles. The van der Waals surface area contributed by atoms with Gasteiger partial charge in [-0.05, 0) is 47.6 Å². The third kappa shape index (κ3) is 5.81. The highest BCUT2D eigenvalue weighted by Crippen LogP contribution is 2.19. The van der Waals surface area contributed by atoms with Crippen molar-refractivity contribution in [3.05, 3.63) is 94.5 Å². The zero-order valence-corrected chi connectivity index (χ0v) is 17.5. The van der Waals surface area contributed by atoms with Gasteiger partial charge in [-0.3, -0.25) is 0 Å². The van der Waals surface area contributed by atoms with Gasteiger partial charge >= 0.3 is 0 Å². The summed E-state index contributed by atoms with van der Waals surface area (Å²) < 4.78 is 6.37. The number of anilines is 1. The topological polar surface area (TPSA) is 24.5 Å². The van der Waals surface area contributed by atoms with Crippen LogP contribution in [0.2, 0.25) is 0 Å². The van der Waals surface area contributed by atoms with Crippen LogP contribution >= 0.6 is 28.1 Å². The fourth-order valence-electron chi connectivity index (χ4n) is 2.72. The summed E-state index contributed by atoms with van der Waals surface area (Å²) in [5.74, 6) is 0.797. The summed E-state index contributed by atoms with van der Waals surface area (Å²) in [6, 6.07) is 26.4. The average molecular weight is 441 g/mol. The van der Waals surface area contributed by atoms with E-state index in [-0.39, 0.29) is 0 Å². The van der Waals surface area contributed by atoms with Gasteiger partial charge in [0.25, 0.3) is 0 Å². The van der Waals surface area contributed by atoms with E-state index in [1.807, 2.05) is 42.5 Å². The Bertz CT molecular complexity index is 884. The highest BCUT2D eigenvalue weighted by atomic mass is 79.9. The van der Waals surface area contributed by atoms with Gasteiger partial charge in [-0.2, -0.15) is 0 Å². The Morgan fingerprint density at radius 2 is 1.59 bits per heavy atom. The molecule has 0 aliphatic rings. The van der Waals surface area contributed by atoms with Crippen LogP contribution in [0, 0.1) is 0 Å². The minimum absolute atomic E-state index is 0.676. The Labute approximate surface area is 174 Å². The van der Waals surface area contributed by atoms with E-state index in [9.17, 15) is 0 Å². The van der Waals surface area contributed by atoms with E-state index in [2.05, 4.69) is 62.5 Å². The van der Waals surface area contributed by atoms with Crippen molar-refractivity contribution >= 4 is 38.9 Å². The molecule has 0 aromatic heterocycles. The number of hydrogen-bond acceptors (Lipinski definition) is 2. The van der Waals surface area contributed by atoms with Gasteiger partial charge in [0, 0.05) is 29.3 Å². The standard InChI is InChI=1S/C22H21BrN2OS/c1-26-21-9-5-8-20(14-21)24-22(27)25(15-17-6-3-2-4-7-17)16-18-10-12-19(23)13-11-18/h2-14H,15-16H2,1H3,(H,24,27). The second-order valence-corrected chi connectivity index (χ2v) is 7.43. The lowest BCUT2D eigenvalue weighted by molar-refractivity contribution is 0.412. The van der Waals surface area contributed by atoms with Gasteiger partial charge in [0.1, 0.15) is 5.75 Å². The van der Waals surface area contributed by atoms with E-state index >= 15 is 0 Å². The maximum atomic E-state index is 5.73. The fraction of sp³-hybridized carbons (Fsp3) is 0.136. The minimum Gasteiger partial charge on any atom is -0.497 e. The molecule has 3 nitrogen and oxygen atoms in total. The Morgan fingerprint density at radius 1 is 0.926 bits per heavy atom. The molecule has 0 radical (unpaired) electrons. The second-order valence-electron chi connectivity index (χ2n) is 6.13. The lowest BCUT2D eigenvalue weighted by Crippen LogP contribution is -2.33. The smallest absolute Gasteiger partial charge is 0.174 e. The van der Waals surface area contributed by atoms with Crippen molar-refractivity contribution in [1.82, 2.24) is 4.90 Å². The lowest BCUT2D eigenvalue weighted by Gasteiger charge is -2.26. The first-order chi connectivity index (χ1) is 13.1. The third-order valence-corrected chi connectivity index (χ3v) is 5.00. The highest BCUT2D eigenvalue weighted by Gasteiger charge is 2.12. The first-order valence-electron chi connectivity index (χ1n) is 8.62. The van der Waals surface area contributed by atoms with E-state index < -0.39 is 0 Å². The second kappa shape index (κ2) is 9.53. The Morgan fingerprint density at radius 3 is 2.26 bits per heavy atom. The first kappa shape index (κ1) is 19.4. The molecule has 0 unspecified atom stereocenters. The predicted octanol–water partition coefficient (Wildman–Crippen LogP) is 5.86. The van der Waals surface area contributed by atoms with Crippen LogP contribution in [-0.2, 0) is 13.1 Å². The number of benzene rings is 3. The van der Waals surface area contributed by atoms with E-state index in [0.29, 0.717) is 5.11 Å². The Hall–Kier alpha value is -2.37. The molecule has 0 atom stereocenters. The molecule has 27 heavy (non-hydrogen) atoms. The Kier molecular flexibility index (Phi) is 6.85.